The molecule has 0 aromatic carbocycles. The van der Waals surface area contributed by atoms with E-state index in [1.165, 1.54) is 45.6 Å². The van der Waals surface area contributed by atoms with Crippen LogP contribution in [-0.2, 0) is 7.05 Å². The summed E-state index contributed by atoms with van der Waals surface area (Å²) in [4.78, 5) is 59.8. The van der Waals surface area contributed by atoms with Gasteiger partial charge in [-0.3, -0.25) is 24.2 Å². The normalized spacial score (nSPS) is 8.92. The number of aryl methyl sites for hydroxylation is 1. The van der Waals surface area contributed by atoms with E-state index in [2.05, 4.69) is 79.2 Å². The molecule has 0 saturated heterocycles. The monoisotopic (exact) mass is 875 g/mol. The highest BCUT2D eigenvalue weighted by molar-refractivity contribution is 5.96. The molecule has 11 nitrogen and oxygen atoms in total. The van der Waals surface area contributed by atoms with E-state index < -0.39 is 0 Å². The number of aromatic nitrogens is 3. The van der Waals surface area contributed by atoms with Crippen LogP contribution < -0.4 is 10.3 Å². The van der Waals surface area contributed by atoms with E-state index in [0.717, 1.165) is 16.7 Å². The van der Waals surface area contributed by atoms with E-state index in [4.69, 9.17) is 4.74 Å². The van der Waals surface area contributed by atoms with Crippen LogP contribution in [0.15, 0.2) is 47.7 Å². The highest BCUT2D eigenvalue weighted by atomic mass is 16.5. The second-order valence-electron chi connectivity index (χ2n) is 14.6. The molecule has 62 heavy (non-hydrogen) atoms. The molecule has 3 aromatic rings. The van der Waals surface area contributed by atoms with Gasteiger partial charge in [-0.25, -0.2) is 4.98 Å². The number of carbonyl (C=O) groups is 3. The van der Waals surface area contributed by atoms with Gasteiger partial charge in [0, 0.05) is 67.9 Å². The van der Waals surface area contributed by atoms with E-state index in [-0.39, 0.29) is 36.3 Å². The van der Waals surface area contributed by atoms with Crippen LogP contribution in [0, 0.1) is 0 Å². The number of pyridine rings is 3. The minimum atomic E-state index is -0.247. The van der Waals surface area contributed by atoms with Crippen molar-refractivity contribution in [1.82, 2.24) is 29.2 Å². The highest BCUT2D eigenvalue weighted by Gasteiger charge is 2.18. The van der Waals surface area contributed by atoms with Crippen LogP contribution in [0.2, 0.25) is 0 Å². The van der Waals surface area contributed by atoms with E-state index in [1.54, 1.807) is 74.0 Å². The third-order valence-corrected chi connectivity index (χ3v) is 6.95. The molecule has 3 rings (SSSR count). The van der Waals surface area contributed by atoms with E-state index >= 15 is 0 Å². The van der Waals surface area contributed by atoms with Crippen LogP contribution in [0.3, 0.4) is 0 Å². The number of rotatable bonds is 7. The summed E-state index contributed by atoms with van der Waals surface area (Å²) < 4.78 is 6.56. The lowest BCUT2D eigenvalue weighted by Gasteiger charge is -2.14. The quantitative estimate of drug-likeness (QED) is 0.232. The van der Waals surface area contributed by atoms with Gasteiger partial charge in [-0.2, -0.15) is 0 Å². The third-order valence-electron chi connectivity index (χ3n) is 6.95. The van der Waals surface area contributed by atoms with Crippen LogP contribution in [0.25, 0.3) is 0 Å². The second-order valence-corrected chi connectivity index (χ2v) is 14.6. The van der Waals surface area contributed by atoms with Gasteiger partial charge >= 0.3 is 0 Å². The number of methoxy groups -OCH3 is 1. The molecule has 0 unspecified atom stereocenters. The Kier molecular flexibility index (Phi) is 51.6. The summed E-state index contributed by atoms with van der Waals surface area (Å²) in [5.41, 5.74) is 4.19. The molecule has 3 heterocycles. The average molecular weight is 875 g/mol. The first-order valence-electron chi connectivity index (χ1n) is 22.4. The Labute approximate surface area is 383 Å². The molecule has 0 N–H and O–H groups in total. The molecule has 3 amide bonds. The average Bonchev–Trinajstić information content (AvgIpc) is 3.24. The lowest BCUT2D eigenvalue weighted by atomic mass is 10.0. The van der Waals surface area contributed by atoms with Crippen molar-refractivity contribution in [3.63, 3.8) is 0 Å². The van der Waals surface area contributed by atoms with E-state index in [9.17, 15) is 19.2 Å². The van der Waals surface area contributed by atoms with Gasteiger partial charge in [0.05, 0.1) is 7.11 Å². The van der Waals surface area contributed by atoms with Crippen molar-refractivity contribution < 1.29 is 19.1 Å². The van der Waals surface area contributed by atoms with Gasteiger partial charge in [-0.05, 0) is 58.7 Å². The Bertz CT molecular complexity index is 1590. The summed E-state index contributed by atoms with van der Waals surface area (Å²) in [5.74, 6) is 1.05. The summed E-state index contributed by atoms with van der Waals surface area (Å²) in [7, 11) is 13.4. The zero-order valence-electron chi connectivity index (χ0n) is 44.1. The molecule has 3 aromatic heterocycles. The van der Waals surface area contributed by atoms with Crippen LogP contribution in [0.5, 0.6) is 5.88 Å². The van der Waals surface area contributed by atoms with Crippen molar-refractivity contribution in [1.29, 1.82) is 0 Å². The van der Waals surface area contributed by atoms with Crippen LogP contribution in [-0.4, -0.2) is 96.4 Å². The van der Waals surface area contributed by atoms with Crippen molar-refractivity contribution in [3.8, 4) is 5.88 Å². The predicted molar refractivity (Wildman–Crippen MR) is 272 cm³/mol. The third kappa shape index (κ3) is 31.3. The molecule has 0 spiro atoms. The largest absolute Gasteiger partial charge is 0.480 e. The first-order chi connectivity index (χ1) is 28.6. The summed E-state index contributed by atoms with van der Waals surface area (Å²) in [6.07, 6.45) is 8.96. The first kappa shape index (κ1) is 71.9. The number of hydrogen-bond acceptors (Lipinski definition) is 7. The van der Waals surface area contributed by atoms with Crippen LogP contribution in [0.4, 0.5) is 0 Å². The minimum Gasteiger partial charge on any atom is -0.480 e. The number of hydrogen-bond donors (Lipinski definition) is 0. The zero-order valence-corrected chi connectivity index (χ0v) is 44.1. The molecular formula is C51H98N6O5. The molecule has 0 radical (unpaired) electrons. The maximum atomic E-state index is 11.9. The molecule has 0 atom stereocenters. The SMILES string of the molecule is C.CC.CC.CC.CC(C)c1cc(C(=O)N(C)C)c(=O)n(C)c1.CC(C)c1ccnc(C(=O)N(C)C)c1.CCC.CCC.CCC.COc1ncc(C(C)C)cc1C(=O)N(C)C. The number of carbonyl (C=O) groups excluding carboxylic acids is 3. The van der Waals surface area contributed by atoms with Gasteiger partial charge in [-0.15, -0.1) is 0 Å². The molecule has 0 saturated carbocycles. The van der Waals surface area contributed by atoms with Crippen LogP contribution >= 0.6 is 0 Å². The molecule has 0 fully saturated rings. The zero-order chi connectivity index (χ0) is 49.6. The van der Waals surface area contributed by atoms with E-state index in [0.29, 0.717) is 34.9 Å². The summed E-state index contributed by atoms with van der Waals surface area (Å²) in [6.45, 7) is 37.1. The summed E-state index contributed by atoms with van der Waals surface area (Å²) in [5, 5.41) is 0. The molecule has 362 valence electrons. The molecule has 11 heteroatoms. The Balaban J connectivity index is -0.000000125. The Morgan fingerprint density at radius 3 is 1.29 bits per heavy atom. The Hall–Kier alpha value is -4.54. The summed E-state index contributed by atoms with van der Waals surface area (Å²) in [6, 6.07) is 7.33. The van der Waals surface area contributed by atoms with Gasteiger partial charge in [-0.1, -0.05) is 151 Å². The fourth-order valence-corrected chi connectivity index (χ4v) is 3.94. The number of nitrogens with zero attached hydrogens (tertiary/aromatic N) is 6. The van der Waals surface area contributed by atoms with Gasteiger partial charge < -0.3 is 24.0 Å². The lowest BCUT2D eigenvalue weighted by Crippen LogP contribution is -2.31. The number of ether oxygens (including phenoxy) is 1. The number of amides is 3. The molecule has 0 aliphatic heterocycles. The van der Waals surface area contributed by atoms with Crippen molar-refractivity contribution in [2.75, 3.05) is 49.4 Å². The Morgan fingerprint density at radius 2 is 0.952 bits per heavy atom. The van der Waals surface area contributed by atoms with Crippen molar-refractivity contribution >= 4 is 17.7 Å². The van der Waals surface area contributed by atoms with Crippen molar-refractivity contribution in [2.24, 2.45) is 7.05 Å². The minimum absolute atomic E-state index is 0. The smallest absolute Gasteiger partial charge is 0.271 e. The second kappa shape index (κ2) is 44.5. The molecule has 0 aliphatic carbocycles. The lowest BCUT2D eigenvalue weighted by molar-refractivity contribution is 0.0815. The molecule has 0 bridgehead atoms. The summed E-state index contributed by atoms with van der Waals surface area (Å²) >= 11 is 0. The van der Waals surface area contributed by atoms with Crippen molar-refractivity contribution in [3.05, 3.63) is 86.7 Å². The Morgan fingerprint density at radius 1 is 0.597 bits per heavy atom. The van der Waals surface area contributed by atoms with Crippen molar-refractivity contribution in [2.45, 2.75) is 169 Å². The fourth-order valence-electron chi connectivity index (χ4n) is 3.94. The predicted octanol–water partition coefficient (Wildman–Crippen LogP) is 13.0. The first-order valence-corrected chi connectivity index (χ1v) is 22.4. The fraction of sp³-hybridized carbons (Fsp3) is 0.647. The highest BCUT2D eigenvalue weighted by Crippen LogP contribution is 2.22. The topological polar surface area (TPSA) is 118 Å². The maximum Gasteiger partial charge on any atom is 0.271 e. The van der Waals surface area contributed by atoms with Crippen LogP contribution in [0.1, 0.15) is 217 Å². The molecule has 0 aliphatic rings. The maximum absolute atomic E-state index is 11.9. The van der Waals surface area contributed by atoms with Gasteiger partial charge in [0.2, 0.25) is 5.88 Å². The van der Waals surface area contributed by atoms with E-state index in [1.807, 2.05) is 73.6 Å². The van der Waals surface area contributed by atoms with Gasteiger partial charge in [0.1, 0.15) is 16.8 Å². The van der Waals surface area contributed by atoms with Gasteiger partial charge in [0.15, 0.2) is 0 Å². The molecular weight excluding hydrogens is 777 g/mol. The van der Waals surface area contributed by atoms with Gasteiger partial charge in [0.25, 0.3) is 23.3 Å². The standard InChI is InChI=1S/2C12H18N2O2.C11H16N2O.3C3H8.3C2H6.CH4/c1-8(2)9-6-10(12(15)14(3)4)11(16-5)13-7-9;1-8(2)9-6-10(11(15)13(3)4)12(16)14(5)7-9;1-8(2)9-5-6-12-10(7-9)11(14)13(3)4;3*1-3-2;3*1-2;/h2*6-8H,1-5H3;5-8H,1-4H3;3*3H2,1-2H3;3*1-2H3;1H4.